The van der Waals surface area contributed by atoms with Gasteiger partial charge < -0.3 is 15.0 Å². The number of likely N-dealkylation sites (tertiary alicyclic amines) is 1. The number of fused-ring (bicyclic) bond motifs is 1. The largest absolute Gasteiger partial charge is 0.484 e. The number of rotatable bonds is 4. The van der Waals surface area contributed by atoms with Gasteiger partial charge >= 0.3 is 0 Å². The molecule has 120 valence electrons. The monoisotopic (exact) mass is 302 g/mol. The molecule has 0 radical (unpaired) electrons. The molecule has 1 N–H and O–H groups in total. The van der Waals surface area contributed by atoms with Crippen molar-refractivity contribution in [3.8, 4) is 5.75 Å². The number of nitrogens with zero attached hydrogens (tertiary/aromatic N) is 1. The fourth-order valence-corrected chi connectivity index (χ4v) is 3.16. The normalized spacial score (nSPS) is 20.6. The van der Waals surface area contributed by atoms with Crippen LogP contribution in [0.1, 0.15) is 49.9 Å². The van der Waals surface area contributed by atoms with Crippen LogP contribution in [0.2, 0.25) is 0 Å². The van der Waals surface area contributed by atoms with Crippen LogP contribution in [-0.4, -0.2) is 42.5 Å². The van der Waals surface area contributed by atoms with Crippen molar-refractivity contribution in [3.63, 3.8) is 0 Å². The van der Waals surface area contributed by atoms with Crippen LogP contribution in [0.3, 0.4) is 0 Å². The molecule has 0 aliphatic carbocycles. The van der Waals surface area contributed by atoms with Gasteiger partial charge in [0, 0.05) is 18.5 Å². The molecular weight excluding hydrogens is 276 g/mol. The molecule has 2 aliphatic rings. The number of hydrogen-bond donors (Lipinski definition) is 1. The van der Waals surface area contributed by atoms with E-state index in [4.69, 9.17) is 4.74 Å². The number of ketones is 1. The quantitative estimate of drug-likeness (QED) is 0.866. The Morgan fingerprint density at radius 3 is 2.82 bits per heavy atom. The minimum atomic E-state index is -0.202. The predicted molar refractivity (Wildman–Crippen MR) is 88.9 cm³/mol. The van der Waals surface area contributed by atoms with E-state index in [9.17, 15) is 4.79 Å². The third-order valence-electron chi connectivity index (χ3n) is 4.50. The van der Waals surface area contributed by atoms with Crippen molar-refractivity contribution < 1.29 is 9.53 Å². The fraction of sp³-hybridized carbons (Fsp3) is 0.611. The van der Waals surface area contributed by atoms with Crippen LogP contribution >= 0.6 is 0 Å². The summed E-state index contributed by atoms with van der Waals surface area (Å²) in [4.78, 5) is 14.8. The average molecular weight is 302 g/mol. The lowest BCUT2D eigenvalue weighted by Crippen LogP contribution is -2.40. The van der Waals surface area contributed by atoms with Gasteiger partial charge in [0.15, 0.2) is 5.78 Å². The number of piperidine rings is 1. The molecular formula is C18H26N2O2. The van der Waals surface area contributed by atoms with Gasteiger partial charge in [-0.2, -0.15) is 0 Å². The van der Waals surface area contributed by atoms with Crippen LogP contribution in [-0.2, 0) is 0 Å². The minimum Gasteiger partial charge on any atom is -0.484 e. The van der Waals surface area contributed by atoms with Gasteiger partial charge in [0.1, 0.15) is 11.4 Å². The van der Waals surface area contributed by atoms with E-state index in [2.05, 4.69) is 24.1 Å². The Morgan fingerprint density at radius 2 is 2.05 bits per heavy atom. The van der Waals surface area contributed by atoms with E-state index in [1.165, 1.54) is 19.3 Å². The highest BCUT2D eigenvalue weighted by atomic mass is 16.5. The maximum atomic E-state index is 12.4. The van der Waals surface area contributed by atoms with Gasteiger partial charge in [0.25, 0.3) is 0 Å². The number of Topliss-reactive ketones (excluding diaryl/α,β-unsaturated/α-hetero) is 1. The molecule has 0 saturated carbocycles. The summed E-state index contributed by atoms with van der Waals surface area (Å²) in [5.74, 6) is 1.06. The number of benzene rings is 1. The molecule has 2 aliphatic heterocycles. The number of carbonyl (C=O) groups is 1. The van der Waals surface area contributed by atoms with Gasteiger partial charge in [-0.15, -0.1) is 0 Å². The Labute approximate surface area is 132 Å². The molecule has 4 nitrogen and oxygen atoms in total. The first kappa shape index (κ1) is 15.3. The number of ether oxygens (including phenoxy) is 1. The van der Waals surface area contributed by atoms with E-state index in [0.29, 0.717) is 6.42 Å². The molecule has 4 heteroatoms. The lowest BCUT2D eigenvalue weighted by atomic mass is 10.0. The zero-order chi connectivity index (χ0) is 15.6. The average Bonchev–Trinajstić information content (AvgIpc) is 2.52. The third kappa shape index (κ3) is 3.61. The zero-order valence-corrected chi connectivity index (χ0v) is 13.7. The van der Waals surface area contributed by atoms with Crippen LogP contribution < -0.4 is 10.1 Å². The summed E-state index contributed by atoms with van der Waals surface area (Å²) in [7, 11) is 0. The molecule has 0 unspecified atom stereocenters. The molecule has 0 amide bonds. The Hall–Kier alpha value is -1.55. The first-order valence-electron chi connectivity index (χ1n) is 8.36. The van der Waals surface area contributed by atoms with Crippen LogP contribution in [0.5, 0.6) is 5.75 Å². The summed E-state index contributed by atoms with van der Waals surface area (Å²) in [6.45, 7) is 8.03. The van der Waals surface area contributed by atoms with E-state index < -0.39 is 0 Å². The molecule has 1 aromatic rings. The summed E-state index contributed by atoms with van der Waals surface area (Å²) in [5.41, 5.74) is 1.52. The highest BCUT2D eigenvalue weighted by Crippen LogP contribution is 2.33. The first-order chi connectivity index (χ1) is 10.5. The number of nitrogens with one attached hydrogen (secondary N) is 1. The van der Waals surface area contributed by atoms with Crippen LogP contribution in [0, 0.1) is 0 Å². The van der Waals surface area contributed by atoms with Crippen molar-refractivity contribution in [3.05, 3.63) is 23.8 Å². The second-order valence-corrected chi connectivity index (χ2v) is 7.00. The Bertz CT molecular complexity index is 548. The molecule has 22 heavy (non-hydrogen) atoms. The maximum Gasteiger partial charge on any atom is 0.164 e. The van der Waals surface area contributed by atoms with E-state index in [1.807, 2.05) is 18.2 Å². The molecule has 3 rings (SSSR count). The summed E-state index contributed by atoms with van der Waals surface area (Å²) >= 11 is 0. The van der Waals surface area contributed by atoms with E-state index >= 15 is 0 Å². The van der Waals surface area contributed by atoms with Gasteiger partial charge in [-0.1, -0.05) is 6.42 Å². The summed E-state index contributed by atoms with van der Waals surface area (Å²) in [5, 5.41) is 3.37. The molecule has 0 bridgehead atoms. The summed E-state index contributed by atoms with van der Waals surface area (Å²) < 4.78 is 5.93. The van der Waals surface area contributed by atoms with Crippen LogP contribution in [0.25, 0.3) is 0 Å². The zero-order valence-electron chi connectivity index (χ0n) is 13.7. The SMILES string of the molecule is CC1(C)CNc2cc(C(=O)CCN3CCCCC3)ccc2O1. The number of anilines is 1. The summed E-state index contributed by atoms with van der Waals surface area (Å²) in [6.07, 6.45) is 4.47. The Kier molecular flexibility index (Phi) is 4.39. The fourth-order valence-electron chi connectivity index (χ4n) is 3.16. The molecule has 0 atom stereocenters. The van der Waals surface area contributed by atoms with Crippen LogP contribution in [0.15, 0.2) is 18.2 Å². The van der Waals surface area contributed by atoms with Crippen molar-refractivity contribution in [1.82, 2.24) is 4.90 Å². The second-order valence-electron chi connectivity index (χ2n) is 7.00. The van der Waals surface area contributed by atoms with Crippen molar-refractivity contribution in [2.45, 2.75) is 45.1 Å². The molecule has 1 aromatic carbocycles. The lowest BCUT2D eigenvalue weighted by molar-refractivity contribution is 0.0958. The maximum absolute atomic E-state index is 12.4. The van der Waals surface area contributed by atoms with E-state index in [0.717, 1.165) is 43.2 Å². The van der Waals surface area contributed by atoms with Crippen molar-refractivity contribution in [2.24, 2.45) is 0 Å². The molecule has 0 spiro atoms. The third-order valence-corrected chi connectivity index (χ3v) is 4.50. The highest BCUT2D eigenvalue weighted by molar-refractivity contribution is 5.97. The van der Waals surface area contributed by atoms with Crippen molar-refractivity contribution >= 4 is 11.5 Å². The van der Waals surface area contributed by atoms with E-state index in [-0.39, 0.29) is 11.4 Å². The van der Waals surface area contributed by atoms with Gasteiger partial charge in [-0.25, -0.2) is 0 Å². The molecule has 1 fully saturated rings. The second kappa shape index (κ2) is 6.29. The standard InChI is InChI=1S/C18H26N2O2/c1-18(2)13-19-15-12-14(6-7-17(15)22-18)16(21)8-11-20-9-4-3-5-10-20/h6-7,12,19H,3-5,8-11,13H2,1-2H3. The smallest absolute Gasteiger partial charge is 0.164 e. The molecule has 1 saturated heterocycles. The van der Waals surface area contributed by atoms with Crippen LogP contribution in [0.4, 0.5) is 5.69 Å². The van der Waals surface area contributed by atoms with Crippen molar-refractivity contribution in [1.29, 1.82) is 0 Å². The molecule has 0 aromatic heterocycles. The Balaban J connectivity index is 1.61. The van der Waals surface area contributed by atoms with Gasteiger partial charge in [0.2, 0.25) is 0 Å². The van der Waals surface area contributed by atoms with Crippen molar-refractivity contribution in [2.75, 3.05) is 31.5 Å². The first-order valence-corrected chi connectivity index (χ1v) is 8.36. The molecule has 2 heterocycles. The van der Waals surface area contributed by atoms with Gasteiger partial charge in [-0.3, -0.25) is 4.79 Å². The number of hydrogen-bond acceptors (Lipinski definition) is 4. The van der Waals surface area contributed by atoms with Gasteiger partial charge in [0.05, 0.1) is 12.2 Å². The number of carbonyl (C=O) groups excluding carboxylic acids is 1. The highest BCUT2D eigenvalue weighted by Gasteiger charge is 2.26. The summed E-state index contributed by atoms with van der Waals surface area (Å²) in [6, 6.07) is 5.74. The Morgan fingerprint density at radius 1 is 1.27 bits per heavy atom. The van der Waals surface area contributed by atoms with E-state index in [1.54, 1.807) is 0 Å². The topological polar surface area (TPSA) is 41.6 Å². The minimum absolute atomic E-state index is 0.202. The lowest BCUT2D eigenvalue weighted by Gasteiger charge is -2.33. The predicted octanol–water partition coefficient (Wildman–Crippen LogP) is 3.33. The van der Waals surface area contributed by atoms with Gasteiger partial charge in [-0.05, 0) is 58.0 Å².